The molecule has 0 aromatic heterocycles. The van der Waals surface area contributed by atoms with E-state index in [0.29, 0.717) is 25.1 Å². The Bertz CT molecular complexity index is 638. The molecule has 0 N–H and O–H groups in total. The highest BCUT2D eigenvalue weighted by Gasteiger charge is 2.44. The van der Waals surface area contributed by atoms with Gasteiger partial charge in [0, 0.05) is 33.2 Å². The van der Waals surface area contributed by atoms with Crippen molar-refractivity contribution in [2.45, 2.75) is 44.1 Å². The Kier molecular flexibility index (Phi) is 5.30. The number of hydrogen-bond donors (Lipinski definition) is 0. The van der Waals surface area contributed by atoms with Gasteiger partial charge in [-0.05, 0) is 37.8 Å². The molecule has 1 spiro atoms. The summed E-state index contributed by atoms with van der Waals surface area (Å²) < 4.78 is 45.3. The molecule has 1 atom stereocenters. The molecule has 0 saturated carbocycles. The van der Waals surface area contributed by atoms with Gasteiger partial charge in [0.2, 0.25) is 0 Å². The van der Waals surface area contributed by atoms with Crippen molar-refractivity contribution < 1.29 is 22.7 Å². The van der Waals surface area contributed by atoms with E-state index in [4.69, 9.17) is 4.74 Å². The minimum Gasteiger partial charge on any atom is -0.360 e. The van der Waals surface area contributed by atoms with Crippen LogP contribution in [-0.2, 0) is 22.1 Å². The topological polar surface area (TPSA) is 32.8 Å². The zero-order valence-corrected chi connectivity index (χ0v) is 15.2. The van der Waals surface area contributed by atoms with Crippen LogP contribution in [-0.4, -0.2) is 60.6 Å². The Labute approximate surface area is 151 Å². The van der Waals surface area contributed by atoms with E-state index in [9.17, 15) is 18.0 Å². The Morgan fingerprint density at radius 3 is 2.50 bits per heavy atom. The van der Waals surface area contributed by atoms with Gasteiger partial charge in [0.15, 0.2) is 0 Å². The van der Waals surface area contributed by atoms with Crippen molar-refractivity contribution in [3.63, 3.8) is 0 Å². The molecule has 0 bridgehead atoms. The number of piperidine rings is 1. The third-order valence-corrected chi connectivity index (χ3v) is 5.46. The van der Waals surface area contributed by atoms with Crippen LogP contribution in [0.1, 0.15) is 30.9 Å². The number of rotatable bonds is 3. The van der Waals surface area contributed by atoms with Gasteiger partial charge < -0.3 is 14.5 Å². The smallest absolute Gasteiger partial charge is 0.360 e. The lowest BCUT2D eigenvalue weighted by molar-refractivity contribution is -0.186. The molecule has 0 radical (unpaired) electrons. The first-order valence-electron chi connectivity index (χ1n) is 9.00. The number of benzene rings is 1. The highest BCUT2D eigenvalue weighted by atomic mass is 19.4. The summed E-state index contributed by atoms with van der Waals surface area (Å²) in [5.41, 5.74) is -0.520. The second kappa shape index (κ2) is 7.19. The number of halogens is 3. The summed E-state index contributed by atoms with van der Waals surface area (Å²) in [5.74, 6) is 0.00168. The summed E-state index contributed by atoms with van der Waals surface area (Å²) >= 11 is 0. The number of ether oxygens (including phenoxy) is 1. The van der Waals surface area contributed by atoms with Crippen molar-refractivity contribution in [3.05, 3.63) is 35.4 Å². The van der Waals surface area contributed by atoms with E-state index in [1.807, 2.05) is 0 Å². The largest absolute Gasteiger partial charge is 0.416 e. The van der Waals surface area contributed by atoms with Gasteiger partial charge in [-0.3, -0.25) is 4.79 Å². The quantitative estimate of drug-likeness (QED) is 0.820. The second-order valence-electron chi connectivity index (χ2n) is 7.38. The van der Waals surface area contributed by atoms with Crippen molar-refractivity contribution in [2.24, 2.45) is 0 Å². The van der Waals surface area contributed by atoms with Gasteiger partial charge in [-0.1, -0.05) is 18.2 Å². The Balaban J connectivity index is 1.57. The number of amides is 1. The highest BCUT2D eigenvalue weighted by Crippen LogP contribution is 2.34. The van der Waals surface area contributed by atoms with Gasteiger partial charge in [0.1, 0.15) is 6.10 Å². The third-order valence-electron chi connectivity index (χ3n) is 5.46. The number of morpholine rings is 1. The fourth-order valence-electron chi connectivity index (χ4n) is 4.04. The minimum absolute atomic E-state index is 0.00168. The van der Waals surface area contributed by atoms with Crippen LogP contribution in [0.2, 0.25) is 0 Å². The minimum atomic E-state index is -4.31. The van der Waals surface area contributed by atoms with E-state index < -0.39 is 17.8 Å². The number of alkyl halides is 3. The molecule has 2 fully saturated rings. The Morgan fingerprint density at radius 1 is 1.23 bits per heavy atom. The fourth-order valence-corrected chi connectivity index (χ4v) is 4.04. The van der Waals surface area contributed by atoms with Crippen molar-refractivity contribution >= 4 is 5.91 Å². The molecule has 7 heteroatoms. The maximum Gasteiger partial charge on any atom is 0.416 e. The van der Waals surface area contributed by atoms with Crippen molar-refractivity contribution in [3.8, 4) is 0 Å². The highest BCUT2D eigenvalue weighted by molar-refractivity contribution is 5.81. The van der Waals surface area contributed by atoms with Crippen molar-refractivity contribution in [2.75, 3.05) is 33.2 Å². The normalized spacial score (nSPS) is 24.3. The SMILES string of the molecule is CC1OC2(CCN(CCc3ccccc3C(F)(F)F)CC2)CN(C)C1=O. The van der Waals surface area contributed by atoms with Crippen LogP contribution in [0.3, 0.4) is 0 Å². The molecule has 3 rings (SSSR count). The fraction of sp³-hybridized carbons (Fsp3) is 0.632. The third kappa shape index (κ3) is 4.04. The lowest BCUT2D eigenvalue weighted by atomic mass is 9.88. The lowest BCUT2D eigenvalue weighted by Crippen LogP contribution is -2.60. The first kappa shape index (κ1) is 19.2. The molecule has 1 aromatic carbocycles. The molecule has 1 unspecified atom stereocenters. The van der Waals surface area contributed by atoms with Gasteiger partial charge in [-0.25, -0.2) is 0 Å². The molecular weight excluding hydrogens is 345 g/mol. The molecule has 1 aromatic rings. The van der Waals surface area contributed by atoms with E-state index in [2.05, 4.69) is 4.90 Å². The summed E-state index contributed by atoms with van der Waals surface area (Å²) in [6.07, 6.45) is -2.80. The maximum atomic E-state index is 13.1. The average Bonchev–Trinajstić information content (AvgIpc) is 2.59. The number of likely N-dealkylation sites (N-methyl/N-ethyl adjacent to an activating group) is 1. The number of likely N-dealkylation sites (tertiary alicyclic amines) is 1. The standard InChI is InChI=1S/C19H25F3N2O2/c1-14-17(25)23(2)13-18(26-14)8-11-24(12-9-18)10-7-15-5-3-4-6-16(15)19(20,21)22/h3-6,14H,7-13H2,1-2H3. The van der Waals surface area contributed by atoms with Crippen LogP contribution in [0.4, 0.5) is 13.2 Å². The van der Waals surface area contributed by atoms with Gasteiger partial charge in [-0.2, -0.15) is 13.2 Å². The number of carbonyl (C=O) groups excluding carboxylic acids is 1. The molecule has 2 saturated heterocycles. The second-order valence-corrected chi connectivity index (χ2v) is 7.38. The molecule has 0 aliphatic carbocycles. The monoisotopic (exact) mass is 370 g/mol. The molecule has 144 valence electrons. The van der Waals surface area contributed by atoms with Crippen LogP contribution in [0.15, 0.2) is 24.3 Å². The van der Waals surface area contributed by atoms with Gasteiger partial charge in [0.25, 0.3) is 5.91 Å². The predicted octanol–water partition coefficient (Wildman–Crippen LogP) is 2.96. The van der Waals surface area contributed by atoms with Gasteiger partial charge in [-0.15, -0.1) is 0 Å². The van der Waals surface area contributed by atoms with Gasteiger partial charge in [0.05, 0.1) is 11.2 Å². The Hall–Kier alpha value is -1.60. The van der Waals surface area contributed by atoms with E-state index in [1.54, 1.807) is 31.0 Å². The van der Waals surface area contributed by atoms with Crippen LogP contribution in [0, 0.1) is 0 Å². The first-order valence-corrected chi connectivity index (χ1v) is 9.00. The molecular formula is C19H25F3N2O2. The molecule has 2 aliphatic rings. The van der Waals surface area contributed by atoms with E-state index in [0.717, 1.165) is 32.0 Å². The summed E-state index contributed by atoms with van der Waals surface area (Å²) in [6, 6.07) is 5.78. The van der Waals surface area contributed by atoms with Crippen LogP contribution in [0.25, 0.3) is 0 Å². The van der Waals surface area contributed by atoms with E-state index in [1.165, 1.54) is 6.07 Å². The van der Waals surface area contributed by atoms with Gasteiger partial charge >= 0.3 is 6.18 Å². The molecule has 2 heterocycles. The van der Waals surface area contributed by atoms with Crippen LogP contribution >= 0.6 is 0 Å². The molecule has 1 amide bonds. The van der Waals surface area contributed by atoms with Crippen LogP contribution in [0.5, 0.6) is 0 Å². The summed E-state index contributed by atoms with van der Waals surface area (Å²) in [5, 5.41) is 0. The van der Waals surface area contributed by atoms with Crippen LogP contribution < -0.4 is 0 Å². The summed E-state index contributed by atoms with van der Waals surface area (Å²) in [6.45, 7) is 4.49. The Morgan fingerprint density at radius 2 is 1.88 bits per heavy atom. The number of hydrogen-bond acceptors (Lipinski definition) is 3. The first-order chi connectivity index (χ1) is 12.2. The zero-order chi connectivity index (χ0) is 18.9. The molecule has 4 nitrogen and oxygen atoms in total. The zero-order valence-electron chi connectivity index (χ0n) is 15.2. The summed E-state index contributed by atoms with van der Waals surface area (Å²) in [4.78, 5) is 15.8. The molecule has 26 heavy (non-hydrogen) atoms. The number of carbonyl (C=O) groups is 1. The lowest BCUT2D eigenvalue weighted by Gasteiger charge is -2.48. The maximum absolute atomic E-state index is 13.1. The average molecular weight is 370 g/mol. The van der Waals surface area contributed by atoms with E-state index >= 15 is 0 Å². The van der Waals surface area contributed by atoms with E-state index in [-0.39, 0.29) is 11.5 Å². The number of nitrogens with zero attached hydrogens (tertiary/aromatic N) is 2. The molecule has 2 aliphatic heterocycles. The van der Waals surface area contributed by atoms with Crippen molar-refractivity contribution in [1.29, 1.82) is 0 Å². The van der Waals surface area contributed by atoms with Crippen molar-refractivity contribution in [1.82, 2.24) is 9.80 Å². The summed E-state index contributed by atoms with van der Waals surface area (Å²) in [7, 11) is 1.80. The predicted molar refractivity (Wildman–Crippen MR) is 91.7 cm³/mol.